The van der Waals surface area contributed by atoms with Crippen molar-refractivity contribution in [3.05, 3.63) is 51.5 Å². The minimum atomic E-state index is -0.389. The van der Waals surface area contributed by atoms with E-state index in [1.54, 1.807) is 30.3 Å². The Labute approximate surface area is 174 Å². The fraction of sp³-hybridized carbons (Fsp3) is 0.300. The van der Waals surface area contributed by atoms with Gasteiger partial charge in [-0.3, -0.25) is 4.79 Å². The lowest BCUT2D eigenvalue weighted by atomic mass is 10.2. The average Bonchev–Trinajstić information content (AvgIpc) is 2.69. The maximum absolute atomic E-state index is 12.3. The first-order valence-corrected chi connectivity index (χ1v) is 9.51. The van der Waals surface area contributed by atoms with Crippen LogP contribution in [0.3, 0.4) is 0 Å². The fourth-order valence-corrected chi connectivity index (χ4v) is 2.92. The molecule has 0 bridgehead atoms. The Morgan fingerprint density at radius 1 is 1.11 bits per heavy atom. The summed E-state index contributed by atoms with van der Waals surface area (Å²) in [5.41, 5.74) is 3.47. The van der Waals surface area contributed by atoms with Gasteiger partial charge < -0.3 is 14.2 Å². The summed E-state index contributed by atoms with van der Waals surface area (Å²) in [7, 11) is 1.52. The highest BCUT2D eigenvalue weighted by Gasteiger charge is 2.11. The molecule has 2 aromatic carbocycles. The van der Waals surface area contributed by atoms with Gasteiger partial charge in [-0.05, 0) is 49.2 Å². The summed E-state index contributed by atoms with van der Waals surface area (Å²) >= 11 is 12.3. The molecule has 0 aliphatic rings. The van der Waals surface area contributed by atoms with Crippen LogP contribution in [0.4, 0.5) is 0 Å². The van der Waals surface area contributed by atoms with Gasteiger partial charge in [0, 0.05) is 5.56 Å². The van der Waals surface area contributed by atoms with Crippen molar-refractivity contribution in [2.75, 3.05) is 20.3 Å². The van der Waals surface area contributed by atoms with Crippen molar-refractivity contribution in [3.63, 3.8) is 0 Å². The summed E-state index contributed by atoms with van der Waals surface area (Å²) in [5, 5.41) is 4.69. The third-order valence-electron chi connectivity index (χ3n) is 3.58. The molecule has 0 aliphatic carbocycles. The van der Waals surface area contributed by atoms with Gasteiger partial charge in [-0.2, -0.15) is 5.10 Å². The lowest BCUT2D eigenvalue weighted by Crippen LogP contribution is -2.17. The fourth-order valence-electron chi connectivity index (χ4n) is 2.31. The van der Waals surface area contributed by atoms with Crippen LogP contribution >= 0.6 is 23.2 Å². The topological polar surface area (TPSA) is 69.2 Å². The van der Waals surface area contributed by atoms with Crippen LogP contribution < -0.4 is 19.6 Å². The predicted molar refractivity (Wildman–Crippen MR) is 111 cm³/mol. The molecule has 150 valence electrons. The highest BCUT2D eigenvalue weighted by molar-refractivity contribution is 6.37. The number of benzene rings is 2. The third-order valence-corrected chi connectivity index (χ3v) is 4.14. The lowest BCUT2D eigenvalue weighted by molar-refractivity contribution is 0.0954. The van der Waals surface area contributed by atoms with E-state index < -0.39 is 0 Å². The number of halogens is 2. The first kappa shape index (κ1) is 21.9. The Morgan fingerprint density at radius 3 is 2.43 bits per heavy atom. The highest BCUT2D eigenvalue weighted by Crippen LogP contribution is 2.33. The molecule has 6 nitrogen and oxygen atoms in total. The van der Waals surface area contributed by atoms with Gasteiger partial charge in [-0.15, -0.1) is 0 Å². The lowest BCUT2D eigenvalue weighted by Gasteiger charge is -2.11. The van der Waals surface area contributed by atoms with Gasteiger partial charge in [0.1, 0.15) is 0 Å². The molecule has 1 amide bonds. The van der Waals surface area contributed by atoms with E-state index in [4.69, 9.17) is 37.4 Å². The molecule has 0 spiro atoms. The maximum Gasteiger partial charge on any atom is 0.271 e. The summed E-state index contributed by atoms with van der Waals surface area (Å²) in [5.74, 6) is 1.10. The van der Waals surface area contributed by atoms with E-state index in [9.17, 15) is 4.79 Å². The second kappa shape index (κ2) is 10.8. The summed E-state index contributed by atoms with van der Waals surface area (Å²) in [6.07, 6.45) is 2.32. The van der Waals surface area contributed by atoms with E-state index in [1.807, 2.05) is 13.8 Å². The Kier molecular flexibility index (Phi) is 8.42. The van der Waals surface area contributed by atoms with Gasteiger partial charge in [-0.1, -0.05) is 30.1 Å². The van der Waals surface area contributed by atoms with Gasteiger partial charge in [0.25, 0.3) is 5.91 Å². The minimum absolute atomic E-state index is 0.370. The van der Waals surface area contributed by atoms with Gasteiger partial charge in [0.05, 0.1) is 36.6 Å². The second-order valence-corrected chi connectivity index (χ2v) is 6.47. The summed E-state index contributed by atoms with van der Waals surface area (Å²) in [6.45, 7) is 4.88. The number of amides is 1. The zero-order chi connectivity index (χ0) is 20.5. The number of carbonyl (C=O) groups excluding carboxylic acids is 1. The Balaban J connectivity index is 2.07. The Bertz CT molecular complexity index is 833. The summed E-state index contributed by atoms with van der Waals surface area (Å²) < 4.78 is 16.2. The van der Waals surface area contributed by atoms with Gasteiger partial charge >= 0.3 is 0 Å². The number of methoxy groups -OCH3 is 1. The number of hydrogen-bond donors (Lipinski definition) is 1. The van der Waals surface area contributed by atoms with Crippen molar-refractivity contribution in [1.29, 1.82) is 0 Å². The number of hydrogen-bond acceptors (Lipinski definition) is 5. The van der Waals surface area contributed by atoms with Crippen molar-refractivity contribution < 1.29 is 19.0 Å². The molecule has 0 unspecified atom stereocenters. The predicted octanol–water partition coefficient (Wildman–Crippen LogP) is 4.95. The van der Waals surface area contributed by atoms with E-state index in [2.05, 4.69) is 10.5 Å². The first-order chi connectivity index (χ1) is 13.5. The number of nitrogens with zero attached hydrogens (tertiary/aromatic N) is 1. The smallest absolute Gasteiger partial charge is 0.271 e. The van der Waals surface area contributed by atoms with Crippen molar-refractivity contribution in [1.82, 2.24) is 5.43 Å². The van der Waals surface area contributed by atoms with E-state index in [0.29, 0.717) is 51.6 Å². The van der Waals surface area contributed by atoms with Crippen LogP contribution in [0.5, 0.6) is 17.2 Å². The van der Waals surface area contributed by atoms with Crippen LogP contribution in [-0.4, -0.2) is 32.4 Å². The minimum Gasteiger partial charge on any atom is -0.493 e. The Morgan fingerprint density at radius 2 is 1.82 bits per heavy atom. The SMILES string of the molecule is CCCOc1ccc(C(=O)N/N=C/c2cc(Cl)c(OCC)c(Cl)c2)cc1OC. The molecule has 0 saturated heterocycles. The molecular formula is C20H22Cl2N2O4. The van der Waals surface area contributed by atoms with Crippen LogP contribution in [0.25, 0.3) is 0 Å². The summed E-state index contributed by atoms with van der Waals surface area (Å²) in [6, 6.07) is 8.23. The Hall–Kier alpha value is -2.44. The van der Waals surface area contributed by atoms with Crippen molar-refractivity contribution in [3.8, 4) is 17.2 Å². The van der Waals surface area contributed by atoms with Crippen molar-refractivity contribution in [2.24, 2.45) is 5.10 Å². The van der Waals surface area contributed by atoms with Gasteiger partial charge in [0.15, 0.2) is 17.2 Å². The van der Waals surface area contributed by atoms with E-state index in [0.717, 1.165) is 6.42 Å². The largest absolute Gasteiger partial charge is 0.493 e. The molecule has 0 radical (unpaired) electrons. The molecule has 2 aromatic rings. The zero-order valence-corrected chi connectivity index (χ0v) is 17.4. The standard InChI is InChI=1S/C20H22Cl2N2O4/c1-4-8-28-17-7-6-14(11-18(17)26-3)20(25)24-23-12-13-9-15(21)19(27-5-2)16(22)10-13/h6-7,9-12H,4-5,8H2,1-3H3,(H,24,25)/b23-12+. The molecule has 0 fully saturated rings. The molecule has 0 aromatic heterocycles. The molecule has 0 saturated carbocycles. The molecule has 0 atom stereocenters. The third kappa shape index (κ3) is 5.78. The van der Waals surface area contributed by atoms with Crippen molar-refractivity contribution >= 4 is 35.3 Å². The van der Waals surface area contributed by atoms with Crippen LogP contribution in [0.2, 0.25) is 10.0 Å². The quantitative estimate of drug-likeness (QED) is 0.456. The first-order valence-electron chi connectivity index (χ1n) is 8.76. The highest BCUT2D eigenvalue weighted by atomic mass is 35.5. The van der Waals surface area contributed by atoms with Crippen molar-refractivity contribution in [2.45, 2.75) is 20.3 Å². The summed E-state index contributed by atoms with van der Waals surface area (Å²) in [4.78, 5) is 12.3. The average molecular weight is 425 g/mol. The number of hydrazone groups is 1. The second-order valence-electron chi connectivity index (χ2n) is 5.66. The van der Waals surface area contributed by atoms with Crippen LogP contribution in [-0.2, 0) is 0 Å². The van der Waals surface area contributed by atoms with Crippen LogP contribution in [0.1, 0.15) is 36.2 Å². The van der Waals surface area contributed by atoms with E-state index in [-0.39, 0.29) is 5.91 Å². The molecule has 1 N–H and O–H groups in total. The monoisotopic (exact) mass is 424 g/mol. The van der Waals surface area contributed by atoms with Gasteiger partial charge in [0.2, 0.25) is 0 Å². The number of carbonyl (C=O) groups is 1. The number of rotatable bonds is 9. The van der Waals surface area contributed by atoms with E-state index >= 15 is 0 Å². The zero-order valence-electron chi connectivity index (χ0n) is 15.9. The van der Waals surface area contributed by atoms with E-state index in [1.165, 1.54) is 13.3 Å². The van der Waals surface area contributed by atoms with Gasteiger partial charge in [-0.25, -0.2) is 5.43 Å². The normalized spacial score (nSPS) is 10.8. The molecule has 0 heterocycles. The number of nitrogens with one attached hydrogen (secondary N) is 1. The van der Waals surface area contributed by atoms with Crippen LogP contribution in [0.15, 0.2) is 35.4 Å². The molecule has 2 rings (SSSR count). The molecule has 8 heteroatoms. The molecule has 0 aliphatic heterocycles. The number of ether oxygens (including phenoxy) is 3. The van der Waals surface area contributed by atoms with Crippen LogP contribution in [0, 0.1) is 0 Å². The molecule has 28 heavy (non-hydrogen) atoms. The molecular weight excluding hydrogens is 403 g/mol. The maximum atomic E-state index is 12.3.